The molecule has 0 aromatic carbocycles. The van der Waals surface area contributed by atoms with Crippen LogP contribution in [0.2, 0.25) is 0 Å². The zero-order chi connectivity index (χ0) is 14.3. The van der Waals surface area contributed by atoms with E-state index >= 15 is 0 Å². The molecule has 2 N–H and O–H groups in total. The number of nitrogens with zero attached hydrogens (tertiary/aromatic N) is 1. The second kappa shape index (κ2) is 7.95. The van der Waals surface area contributed by atoms with Crippen molar-refractivity contribution in [1.82, 2.24) is 10.2 Å². The van der Waals surface area contributed by atoms with Gasteiger partial charge in [-0.3, -0.25) is 0 Å². The molecule has 0 aliphatic heterocycles. The molecule has 0 fully saturated rings. The highest BCUT2D eigenvalue weighted by atomic mass is 16.4. The maximum Gasteiger partial charge on any atom is 0.326 e. The molecule has 0 heterocycles. The van der Waals surface area contributed by atoms with Crippen LogP contribution in [0.5, 0.6) is 0 Å². The fourth-order valence-electron chi connectivity index (χ4n) is 1.73. The second-order valence-corrected chi connectivity index (χ2v) is 5.40. The quantitative estimate of drug-likeness (QED) is 0.735. The van der Waals surface area contributed by atoms with Crippen molar-refractivity contribution in [1.29, 1.82) is 0 Å². The third-order valence-corrected chi connectivity index (χ3v) is 2.56. The van der Waals surface area contributed by atoms with Crippen LogP contribution in [-0.2, 0) is 4.79 Å². The molecular weight excluding hydrogens is 232 g/mol. The highest BCUT2D eigenvalue weighted by molar-refractivity contribution is 5.82. The number of amides is 2. The number of carboxylic acid groups (broad SMARTS) is 1. The molecule has 0 spiro atoms. The van der Waals surface area contributed by atoms with Gasteiger partial charge in [-0.25, -0.2) is 9.59 Å². The van der Waals surface area contributed by atoms with Gasteiger partial charge in [0.05, 0.1) is 0 Å². The van der Waals surface area contributed by atoms with Crippen LogP contribution in [0.4, 0.5) is 4.79 Å². The van der Waals surface area contributed by atoms with Gasteiger partial charge in [0.1, 0.15) is 6.04 Å². The number of hydrogen-bond donors (Lipinski definition) is 2. The average Bonchev–Trinajstić information content (AvgIpc) is 2.23. The summed E-state index contributed by atoms with van der Waals surface area (Å²) in [6.07, 6.45) is 0.445. The van der Waals surface area contributed by atoms with Crippen LogP contribution >= 0.6 is 0 Å². The largest absolute Gasteiger partial charge is 0.480 e. The van der Waals surface area contributed by atoms with Crippen LogP contribution in [0.25, 0.3) is 0 Å². The lowest BCUT2D eigenvalue weighted by Crippen LogP contribution is -2.49. The van der Waals surface area contributed by atoms with E-state index in [-0.39, 0.29) is 11.9 Å². The van der Waals surface area contributed by atoms with Gasteiger partial charge in [0.25, 0.3) is 0 Å². The van der Waals surface area contributed by atoms with Gasteiger partial charge in [0, 0.05) is 13.1 Å². The SMILES string of the molecule is CCN(CC(C)C)C(=O)N[C@H](CC(C)C)C(=O)O. The van der Waals surface area contributed by atoms with Gasteiger partial charge in [-0.1, -0.05) is 27.7 Å². The van der Waals surface area contributed by atoms with E-state index in [2.05, 4.69) is 5.32 Å². The van der Waals surface area contributed by atoms with Crippen molar-refractivity contribution in [2.45, 2.75) is 47.1 Å². The molecule has 0 aliphatic carbocycles. The Hall–Kier alpha value is -1.26. The molecule has 0 unspecified atom stereocenters. The van der Waals surface area contributed by atoms with Crippen LogP contribution in [0.15, 0.2) is 0 Å². The first-order chi connectivity index (χ1) is 8.27. The first kappa shape index (κ1) is 16.7. The van der Waals surface area contributed by atoms with Crippen LogP contribution in [0, 0.1) is 11.8 Å². The Bertz CT molecular complexity index is 277. The van der Waals surface area contributed by atoms with E-state index in [4.69, 9.17) is 5.11 Å². The molecule has 0 bridgehead atoms. The molecule has 1 atom stereocenters. The first-order valence-corrected chi connectivity index (χ1v) is 6.56. The molecule has 0 radical (unpaired) electrons. The van der Waals surface area contributed by atoms with Gasteiger partial charge in [-0.05, 0) is 25.2 Å². The Balaban J connectivity index is 4.51. The number of carbonyl (C=O) groups excluding carboxylic acids is 1. The fourth-order valence-corrected chi connectivity index (χ4v) is 1.73. The highest BCUT2D eigenvalue weighted by Gasteiger charge is 2.23. The van der Waals surface area contributed by atoms with Crippen LogP contribution in [-0.4, -0.2) is 41.1 Å². The summed E-state index contributed by atoms with van der Waals surface area (Å²) in [5.74, 6) is -0.381. The van der Waals surface area contributed by atoms with Crippen molar-refractivity contribution in [2.75, 3.05) is 13.1 Å². The highest BCUT2D eigenvalue weighted by Crippen LogP contribution is 2.06. The number of carboxylic acids is 1. The van der Waals surface area contributed by atoms with Crippen molar-refractivity contribution in [3.05, 3.63) is 0 Å². The monoisotopic (exact) mass is 258 g/mol. The van der Waals surface area contributed by atoms with E-state index in [9.17, 15) is 9.59 Å². The van der Waals surface area contributed by atoms with Gasteiger partial charge < -0.3 is 15.3 Å². The van der Waals surface area contributed by atoms with Crippen LogP contribution in [0.1, 0.15) is 41.0 Å². The lowest BCUT2D eigenvalue weighted by molar-refractivity contribution is -0.139. The maximum absolute atomic E-state index is 12.0. The predicted octanol–water partition coefficient (Wildman–Crippen LogP) is 2.17. The first-order valence-electron chi connectivity index (χ1n) is 6.56. The number of nitrogens with one attached hydrogen (secondary N) is 1. The molecule has 0 aliphatic rings. The smallest absolute Gasteiger partial charge is 0.326 e. The Morgan fingerprint density at radius 2 is 1.72 bits per heavy atom. The van der Waals surface area contributed by atoms with Gasteiger partial charge in [-0.2, -0.15) is 0 Å². The molecule has 2 amide bonds. The van der Waals surface area contributed by atoms with E-state index in [0.717, 1.165) is 0 Å². The standard InChI is InChI=1S/C13H26N2O3/c1-6-15(8-10(4)5)13(18)14-11(12(16)17)7-9(2)3/h9-11H,6-8H2,1-5H3,(H,14,18)(H,16,17)/t11-/m1/s1. The Morgan fingerprint density at radius 1 is 1.17 bits per heavy atom. The fraction of sp³-hybridized carbons (Fsp3) is 0.846. The molecule has 5 nitrogen and oxygen atoms in total. The average molecular weight is 258 g/mol. The lowest BCUT2D eigenvalue weighted by atomic mass is 10.0. The third-order valence-electron chi connectivity index (χ3n) is 2.56. The Kier molecular flexibility index (Phi) is 7.39. The summed E-state index contributed by atoms with van der Waals surface area (Å²) in [5, 5.41) is 11.7. The number of rotatable bonds is 7. The number of urea groups is 1. The molecule has 5 heteroatoms. The van der Waals surface area contributed by atoms with E-state index in [1.54, 1.807) is 4.90 Å². The van der Waals surface area contributed by atoms with Gasteiger partial charge in [0.15, 0.2) is 0 Å². The van der Waals surface area contributed by atoms with E-state index < -0.39 is 12.0 Å². The minimum absolute atomic E-state index is 0.228. The zero-order valence-corrected chi connectivity index (χ0v) is 12.1. The van der Waals surface area contributed by atoms with Gasteiger partial charge in [-0.15, -0.1) is 0 Å². The molecule has 0 saturated heterocycles. The molecule has 106 valence electrons. The Morgan fingerprint density at radius 3 is 2.06 bits per heavy atom. The number of carbonyl (C=O) groups is 2. The second-order valence-electron chi connectivity index (χ2n) is 5.40. The van der Waals surface area contributed by atoms with E-state index in [1.165, 1.54) is 0 Å². The normalized spacial score (nSPS) is 12.6. The molecule has 0 rings (SSSR count). The number of aliphatic carboxylic acids is 1. The Labute approximate surface area is 110 Å². The summed E-state index contributed by atoms with van der Waals surface area (Å²) in [6.45, 7) is 11.0. The molecular formula is C13H26N2O3. The van der Waals surface area contributed by atoms with Gasteiger partial charge in [0.2, 0.25) is 0 Å². The molecule has 0 aromatic heterocycles. The lowest BCUT2D eigenvalue weighted by Gasteiger charge is -2.26. The van der Waals surface area contributed by atoms with Crippen molar-refractivity contribution < 1.29 is 14.7 Å². The zero-order valence-electron chi connectivity index (χ0n) is 12.1. The summed E-state index contributed by atoms with van der Waals surface area (Å²) in [7, 11) is 0. The summed E-state index contributed by atoms with van der Waals surface area (Å²) in [6, 6.07) is -1.10. The molecule has 18 heavy (non-hydrogen) atoms. The van der Waals surface area contributed by atoms with Crippen molar-refractivity contribution in [3.63, 3.8) is 0 Å². The molecule has 0 aromatic rings. The minimum Gasteiger partial charge on any atom is -0.480 e. The third kappa shape index (κ3) is 6.47. The van der Waals surface area contributed by atoms with Gasteiger partial charge >= 0.3 is 12.0 Å². The van der Waals surface area contributed by atoms with Crippen molar-refractivity contribution in [2.24, 2.45) is 11.8 Å². The van der Waals surface area contributed by atoms with Crippen LogP contribution in [0.3, 0.4) is 0 Å². The topological polar surface area (TPSA) is 69.6 Å². The van der Waals surface area contributed by atoms with Crippen molar-refractivity contribution >= 4 is 12.0 Å². The maximum atomic E-state index is 12.0. The summed E-state index contributed by atoms with van der Waals surface area (Å²) < 4.78 is 0. The minimum atomic E-state index is -0.974. The summed E-state index contributed by atoms with van der Waals surface area (Å²) >= 11 is 0. The van der Waals surface area contributed by atoms with Crippen molar-refractivity contribution in [3.8, 4) is 0 Å². The predicted molar refractivity (Wildman–Crippen MR) is 71.5 cm³/mol. The summed E-state index contributed by atoms with van der Waals surface area (Å²) in [5.41, 5.74) is 0. The summed E-state index contributed by atoms with van der Waals surface area (Å²) in [4.78, 5) is 24.7. The van der Waals surface area contributed by atoms with Crippen LogP contribution < -0.4 is 5.32 Å². The van der Waals surface area contributed by atoms with E-state index in [0.29, 0.717) is 25.4 Å². The van der Waals surface area contributed by atoms with E-state index in [1.807, 2.05) is 34.6 Å². The number of hydrogen-bond acceptors (Lipinski definition) is 2. The molecule has 0 saturated carbocycles.